The lowest BCUT2D eigenvalue weighted by Crippen LogP contribution is -2.52. The van der Waals surface area contributed by atoms with Crippen molar-refractivity contribution in [2.24, 2.45) is 0 Å². The molecule has 0 spiro atoms. The molecule has 140 valence electrons. The van der Waals surface area contributed by atoms with E-state index in [2.05, 4.69) is 15.5 Å². The second kappa shape index (κ2) is 8.83. The van der Waals surface area contributed by atoms with Crippen LogP contribution in [0.1, 0.15) is 24.8 Å². The molecule has 1 aromatic rings. The van der Waals surface area contributed by atoms with Crippen LogP contribution in [0.25, 0.3) is 0 Å². The SMILES string of the molecule is CO[C@@H]1CN[C@@H](C(=O)NC2CCCN(c3ccc(F)cc3C)C2)C1.Cl. The van der Waals surface area contributed by atoms with Crippen molar-refractivity contribution in [2.75, 3.05) is 31.6 Å². The van der Waals surface area contributed by atoms with E-state index >= 15 is 0 Å². The largest absolute Gasteiger partial charge is 0.380 e. The van der Waals surface area contributed by atoms with Gasteiger partial charge in [-0.1, -0.05) is 0 Å². The molecule has 2 heterocycles. The molecule has 2 fully saturated rings. The summed E-state index contributed by atoms with van der Waals surface area (Å²) in [6, 6.07) is 4.84. The van der Waals surface area contributed by atoms with Crippen LogP contribution >= 0.6 is 12.4 Å². The molecule has 1 amide bonds. The maximum absolute atomic E-state index is 13.3. The van der Waals surface area contributed by atoms with Gasteiger partial charge in [0.1, 0.15) is 5.82 Å². The first kappa shape index (κ1) is 19.9. The molecule has 5 nitrogen and oxygen atoms in total. The zero-order chi connectivity index (χ0) is 17.1. The highest BCUT2D eigenvalue weighted by Crippen LogP contribution is 2.24. The Kier molecular flexibility index (Phi) is 7.04. The Morgan fingerprint density at radius 1 is 1.44 bits per heavy atom. The van der Waals surface area contributed by atoms with Gasteiger partial charge in [0.25, 0.3) is 0 Å². The Morgan fingerprint density at radius 2 is 2.24 bits per heavy atom. The molecule has 1 unspecified atom stereocenters. The third-order valence-corrected chi connectivity index (χ3v) is 5.01. The van der Waals surface area contributed by atoms with Crippen LogP contribution in [0.4, 0.5) is 10.1 Å². The van der Waals surface area contributed by atoms with Gasteiger partial charge in [-0.2, -0.15) is 0 Å². The number of nitrogens with one attached hydrogen (secondary N) is 2. The molecular formula is C18H27ClFN3O2. The van der Waals surface area contributed by atoms with E-state index in [4.69, 9.17) is 4.74 Å². The molecule has 0 radical (unpaired) electrons. The molecule has 0 bridgehead atoms. The van der Waals surface area contributed by atoms with Gasteiger partial charge in [0.05, 0.1) is 12.1 Å². The minimum absolute atomic E-state index is 0. The van der Waals surface area contributed by atoms with Crippen LogP contribution in [0.5, 0.6) is 0 Å². The molecule has 2 aliphatic rings. The Bertz CT molecular complexity index is 602. The second-order valence-electron chi connectivity index (χ2n) is 6.78. The maximum atomic E-state index is 13.3. The van der Waals surface area contributed by atoms with E-state index in [0.29, 0.717) is 0 Å². The van der Waals surface area contributed by atoms with Crippen LogP contribution in [-0.4, -0.2) is 50.8 Å². The Hall–Kier alpha value is -1.37. The third-order valence-electron chi connectivity index (χ3n) is 5.01. The first-order valence-corrected chi connectivity index (χ1v) is 8.64. The topological polar surface area (TPSA) is 53.6 Å². The van der Waals surface area contributed by atoms with Gasteiger partial charge in [0, 0.05) is 38.5 Å². The molecule has 0 aliphatic carbocycles. The summed E-state index contributed by atoms with van der Waals surface area (Å²) >= 11 is 0. The van der Waals surface area contributed by atoms with E-state index in [1.165, 1.54) is 6.07 Å². The normalized spacial score (nSPS) is 26.2. The summed E-state index contributed by atoms with van der Waals surface area (Å²) in [7, 11) is 1.68. The maximum Gasteiger partial charge on any atom is 0.237 e. The molecular weight excluding hydrogens is 345 g/mol. The highest BCUT2D eigenvalue weighted by Gasteiger charge is 2.31. The number of anilines is 1. The van der Waals surface area contributed by atoms with Gasteiger partial charge in [-0.15, -0.1) is 12.4 Å². The Morgan fingerprint density at radius 3 is 2.92 bits per heavy atom. The Labute approximate surface area is 154 Å². The van der Waals surface area contributed by atoms with E-state index in [1.807, 2.05) is 13.0 Å². The Balaban J connectivity index is 0.00000225. The minimum atomic E-state index is -0.210. The summed E-state index contributed by atoms with van der Waals surface area (Å²) in [5, 5.41) is 6.38. The van der Waals surface area contributed by atoms with Crippen molar-refractivity contribution >= 4 is 24.0 Å². The molecule has 7 heteroatoms. The molecule has 0 saturated carbocycles. The number of benzene rings is 1. The van der Waals surface area contributed by atoms with Crippen LogP contribution in [0.3, 0.4) is 0 Å². The van der Waals surface area contributed by atoms with E-state index in [0.717, 1.165) is 50.1 Å². The van der Waals surface area contributed by atoms with E-state index in [1.54, 1.807) is 13.2 Å². The number of halogens is 2. The monoisotopic (exact) mass is 371 g/mol. The van der Waals surface area contributed by atoms with Crippen LogP contribution in [0.15, 0.2) is 18.2 Å². The van der Waals surface area contributed by atoms with Crippen molar-refractivity contribution in [2.45, 2.75) is 44.4 Å². The number of aryl methyl sites for hydroxylation is 1. The van der Waals surface area contributed by atoms with Gasteiger partial charge in [-0.05, 0) is 49.9 Å². The molecule has 0 aromatic heterocycles. The van der Waals surface area contributed by atoms with Crippen molar-refractivity contribution in [1.29, 1.82) is 0 Å². The van der Waals surface area contributed by atoms with Crippen LogP contribution in [0.2, 0.25) is 0 Å². The van der Waals surface area contributed by atoms with Crippen molar-refractivity contribution in [3.63, 3.8) is 0 Å². The zero-order valence-corrected chi connectivity index (χ0v) is 15.6. The number of amides is 1. The number of carbonyl (C=O) groups is 1. The lowest BCUT2D eigenvalue weighted by molar-refractivity contribution is -0.123. The summed E-state index contributed by atoms with van der Waals surface area (Å²) in [5.41, 5.74) is 1.98. The quantitative estimate of drug-likeness (QED) is 0.850. The fourth-order valence-electron chi connectivity index (χ4n) is 3.67. The molecule has 2 N–H and O–H groups in total. The second-order valence-corrected chi connectivity index (χ2v) is 6.78. The standard InChI is InChI=1S/C18H26FN3O2.ClH/c1-12-8-13(19)5-6-17(12)22-7-3-4-14(11-22)21-18(23)16-9-15(24-2)10-20-16;/h5-6,8,14-16,20H,3-4,7,9-11H2,1-2H3,(H,21,23);1H/t14?,15-,16+;/m0./s1. The molecule has 3 rings (SSSR count). The number of hydrogen-bond donors (Lipinski definition) is 2. The van der Waals surface area contributed by atoms with Crippen LogP contribution in [0, 0.1) is 12.7 Å². The number of methoxy groups -OCH3 is 1. The average molecular weight is 372 g/mol. The van der Waals surface area contributed by atoms with Crippen molar-refractivity contribution in [3.05, 3.63) is 29.6 Å². The summed E-state index contributed by atoms with van der Waals surface area (Å²) in [6.45, 7) is 4.35. The van der Waals surface area contributed by atoms with Crippen molar-refractivity contribution in [3.8, 4) is 0 Å². The fraction of sp³-hybridized carbons (Fsp3) is 0.611. The van der Waals surface area contributed by atoms with E-state index in [9.17, 15) is 9.18 Å². The zero-order valence-electron chi connectivity index (χ0n) is 14.8. The van der Waals surface area contributed by atoms with Gasteiger partial charge in [0.15, 0.2) is 0 Å². The van der Waals surface area contributed by atoms with Gasteiger partial charge in [-0.25, -0.2) is 4.39 Å². The molecule has 1 aromatic carbocycles. The van der Waals surface area contributed by atoms with Crippen LogP contribution < -0.4 is 15.5 Å². The molecule has 3 atom stereocenters. The summed E-state index contributed by atoms with van der Waals surface area (Å²) in [6.07, 6.45) is 2.82. The lowest BCUT2D eigenvalue weighted by Gasteiger charge is -2.36. The highest BCUT2D eigenvalue weighted by atomic mass is 35.5. The fourth-order valence-corrected chi connectivity index (χ4v) is 3.67. The van der Waals surface area contributed by atoms with E-state index in [-0.39, 0.29) is 42.3 Å². The predicted molar refractivity (Wildman–Crippen MR) is 99.0 cm³/mol. The summed E-state index contributed by atoms with van der Waals surface area (Å²) in [5.74, 6) is -0.157. The minimum Gasteiger partial charge on any atom is -0.380 e. The van der Waals surface area contributed by atoms with Gasteiger partial charge in [0.2, 0.25) is 5.91 Å². The third kappa shape index (κ3) is 4.84. The van der Waals surface area contributed by atoms with Crippen molar-refractivity contribution in [1.82, 2.24) is 10.6 Å². The average Bonchev–Trinajstić information content (AvgIpc) is 3.04. The number of rotatable bonds is 4. The number of ether oxygens (including phenoxy) is 1. The smallest absolute Gasteiger partial charge is 0.237 e. The number of hydrogen-bond acceptors (Lipinski definition) is 4. The predicted octanol–water partition coefficient (Wildman–Crippen LogP) is 2.02. The lowest BCUT2D eigenvalue weighted by atomic mass is 10.0. The van der Waals surface area contributed by atoms with Crippen molar-refractivity contribution < 1.29 is 13.9 Å². The molecule has 2 saturated heterocycles. The number of carbonyl (C=O) groups excluding carboxylic acids is 1. The molecule has 2 aliphatic heterocycles. The number of piperidine rings is 1. The summed E-state index contributed by atoms with van der Waals surface area (Å²) < 4.78 is 18.6. The van der Waals surface area contributed by atoms with E-state index < -0.39 is 0 Å². The van der Waals surface area contributed by atoms with Gasteiger partial charge >= 0.3 is 0 Å². The molecule has 25 heavy (non-hydrogen) atoms. The highest BCUT2D eigenvalue weighted by molar-refractivity contribution is 5.85. The first-order valence-electron chi connectivity index (χ1n) is 8.64. The van der Waals surface area contributed by atoms with Gasteiger partial charge in [-0.3, -0.25) is 4.79 Å². The van der Waals surface area contributed by atoms with Gasteiger partial charge < -0.3 is 20.3 Å². The summed E-state index contributed by atoms with van der Waals surface area (Å²) in [4.78, 5) is 14.7. The van der Waals surface area contributed by atoms with Crippen LogP contribution in [-0.2, 0) is 9.53 Å². The number of nitrogens with zero attached hydrogens (tertiary/aromatic N) is 1. The first-order chi connectivity index (χ1) is 11.6.